The Hall–Kier alpha value is -2.95. The number of benzene rings is 1. The van der Waals surface area contributed by atoms with E-state index in [0.717, 1.165) is 86.8 Å². The van der Waals surface area contributed by atoms with Gasteiger partial charge in [0.05, 0.1) is 26.5 Å². The molecule has 0 atom stereocenters. The number of piperidine rings is 2. The van der Waals surface area contributed by atoms with Crippen LogP contribution in [0.3, 0.4) is 0 Å². The molecule has 2 saturated heterocycles. The van der Waals surface area contributed by atoms with E-state index in [1.165, 1.54) is 31.2 Å². The van der Waals surface area contributed by atoms with E-state index < -0.39 is 0 Å². The van der Waals surface area contributed by atoms with Gasteiger partial charge in [0.15, 0.2) is 5.82 Å². The van der Waals surface area contributed by atoms with Gasteiger partial charge in [0, 0.05) is 25.2 Å². The van der Waals surface area contributed by atoms with Crippen molar-refractivity contribution in [3.05, 3.63) is 35.5 Å². The van der Waals surface area contributed by atoms with Crippen LogP contribution >= 0.6 is 0 Å². The number of aliphatic hydroxyl groups excluding tert-OH is 1. The first-order chi connectivity index (χ1) is 19.0. The number of unbranched alkanes of at least 4 members (excludes halogenated alkanes) is 1. The van der Waals surface area contributed by atoms with E-state index in [2.05, 4.69) is 55.3 Å². The van der Waals surface area contributed by atoms with Crippen molar-refractivity contribution in [2.75, 3.05) is 64.0 Å². The molecule has 4 heterocycles. The highest BCUT2D eigenvalue weighted by Gasteiger charge is 2.37. The number of hydrogen-bond donors (Lipinski definition) is 3. The summed E-state index contributed by atoms with van der Waals surface area (Å²) in [7, 11) is 1.74. The van der Waals surface area contributed by atoms with Crippen LogP contribution in [0.1, 0.15) is 56.6 Å². The lowest BCUT2D eigenvalue weighted by atomic mass is 9.71. The van der Waals surface area contributed by atoms with Gasteiger partial charge < -0.3 is 25.8 Å². The Morgan fingerprint density at radius 1 is 1.05 bits per heavy atom. The molecule has 1 spiro atoms. The van der Waals surface area contributed by atoms with Crippen LogP contribution in [0, 0.1) is 5.41 Å². The minimum Gasteiger partial charge on any atom is -0.496 e. The van der Waals surface area contributed by atoms with E-state index in [1.807, 2.05) is 4.68 Å². The molecule has 4 N–H and O–H groups in total. The fourth-order valence-corrected chi connectivity index (χ4v) is 6.16. The van der Waals surface area contributed by atoms with Gasteiger partial charge in [-0.1, -0.05) is 25.5 Å². The van der Waals surface area contributed by atoms with E-state index in [1.54, 1.807) is 13.3 Å². The number of likely N-dealkylation sites (tertiary alicyclic amines) is 2. The summed E-state index contributed by atoms with van der Waals surface area (Å²) in [6.07, 6.45) is 8.96. The van der Waals surface area contributed by atoms with Crippen LogP contribution < -0.4 is 15.8 Å². The van der Waals surface area contributed by atoms with E-state index in [4.69, 9.17) is 10.5 Å². The largest absolute Gasteiger partial charge is 0.496 e. The summed E-state index contributed by atoms with van der Waals surface area (Å²) < 4.78 is 7.76. The minimum absolute atomic E-state index is 0.249. The van der Waals surface area contributed by atoms with Gasteiger partial charge in [0.25, 0.3) is 0 Å². The Kier molecular flexibility index (Phi) is 8.84. The van der Waals surface area contributed by atoms with E-state index in [9.17, 15) is 5.11 Å². The molecule has 2 fully saturated rings. The van der Waals surface area contributed by atoms with Crippen LogP contribution in [0.25, 0.3) is 11.0 Å². The van der Waals surface area contributed by atoms with Crippen LogP contribution in [0.15, 0.2) is 24.4 Å². The summed E-state index contributed by atoms with van der Waals surface area (Å²) in [5, 5.41) is 17.3. The molecule has 2 aliphatic heterocycles. The fourth-order valence-electron chi connectivity index (χ4n) is 6.16. The van der Waals surface area contributed by atoms with Gasteiger partial charge in [-0.3, -0.25) is 9.58 Å². The number of nitrogens with zero attached hydrogens (tertiary/aromatic N) is 6. The number of rotatable bonds is 11. The van der Waals surface area contributed by atoms with Crippen molar-refractivity contribution in [3.63, 3.8) is 0 Å². The Balaban J connectivity index is 1.24. The highest BCUT2D eigenvalue weighted by molar-refractivity contribution is 5.86. The van der Waals surface area contributed by atoms with Gasteiger partial charge in [0.2, 0.25) is 5.95 Å². The van der Waals surface area contributed by atoms with E-state index in [0.29, 0.717) is 12.0 Å². The Morgan fingerprint density at radius 2 is 1.79 bits per heavy atom. The second-order valence-electron chi connectivity index (χ2n) is 11.2. The van der Waals surface area contributed by atoms with E-state index in [-0.39, 0.29) is 12.6 Å². The van der Waals surface area contributed by atoms with Gasteiger partial charge in [-0.15, -0.1) is 0 Å². The second kappa shape index (κ2) is 12.5. The Labute approximate surface area is 231 Å². The molecule has 10 nitrogen and oxygen atoms in total. The van der Waals surface area contributed by atoms with Crippen molar-refractivity contribution in [3.8, 4) is 5.75 Å². The van der Waals surface area contributed by atoms with Gasteiger partial charge in [-0.2, -0.15) is 10.1 Å². The molecule has 0 unspecified atom stereocenters. The number of anilines is 2. The Morgan fingerprint density at radius 3 is 2.49 bits per heavy atom. The molecule has 0 aliphatic carbocycles. The number of ether oxygens (including phenoxy) is 1. The SMILES string of the molecule is CCCCNc1nc(N)nc2cnn(Cc3ccc(CN4CCC5(CCN(CCO)CC5)CC4)cc3OC)c12. The molecule has 5 rings (SSSR count). The van der Waals surface area contributed by atoms with Crippen LogP contribution in [-0.4, -0.2) is 87.6 Å². The summed E-state index contributed by atoms with van der Waals surface area (Å²) in [6.45, 7) is 10.1. The molecule has 10 heteroatoms. The number of nitrogens with one attached hydrogen (secondary N) is 1. The Bertz CT molecular complexity index is 1230. The number of methoxy groups -OCH3 is 1. The van der Waals surface area contributed by atoms with E-state index >= 15 is 0 Å². The first kappa shape index (κ1) is 27.6. The molecular formula is C29H44N8O2. The van der Waals surface area contributed by atoms with Crippen LogP contribution in [0.2, 0.25) is 0 Å². The number of nitrogens with two attached hydrogens (primary N) is 1. The lowest BCUT2D eigenvalue weighted by Gasteiger charge is -2.47. The monoisotopic (exact) mass is 536 g/mol. The quantitative estimate of drug-likeness (QED) is 0.317. The zero-order valence-corrected chi connectivity index (χ0v) is 23.5. The number of aliphatic hydroxyl groups is 1. The van der Waals surface area contributed by atoms with Crippen molar-refractivity contribution in [1.82, 2.24) is 29.5 Å². The first-order valence-electron chi connectivity index (χ1n) is 14.5. The maximum Gasteiger partial charge on any atom is 0.222 e. The highest BCUT2D eigenvalue weighted by Crippen LogP contribution is 2.41. The third kappa shape index (κ3) is 6.45. The fraction of sp³-hybridized carbons (Fsp3) is 0.621. The average molecular weight is 537 g/mol. The molecule has 3 aromatic rings. The van der Waals surface area contributed by atoms with Crippen molar-refractivity contribution in [1.29, 1.82) is 0 Å². The maximum atomic E-state index is 9.24. The van der Waals surface area contributed by atoms with Gasteiger partial charge >= 0.3 is 0 Å². The van der Waals surface area contributed by atoms with Crippen LogP contribution in [0.4, 0.5) is 11.8 Å². The first-order valence-corrected chi connectivity index (χ1v) is 14.5. The summed E-state index contributed by atoms with van der Waals surface area (Å²) >= 11 is 0. The van der Waals surface area contributed by atoms with Crippen molar-refractivity contribution in [2.45, 2.75) is 58.5 Å². The molecule has 0 radical (unpaired) electrons. The summed E-state index contributed by atoms with van der Waals surface area (Å²) in [5.41, 5.74) is 10.4. The number of hydrogen-bond acceptors (Lipinski definition) is 9. The average Bonchev–Trinajstić information content (AvgIpc) is 3.35. The lowest BCUT2D eigenvalue weighted by Crippen LogP contribution is -2.47. The third-order valence-corrected chi connectivity index (χ3v) is 8.66. The summed E-state index contributed by atoms with van der Waals surface area (Å²) in [4.78, 5) is 13.8. The van der Waals surface area contributed by atoms with Crippen molar-refractivity contribution in [2.24, 2.45) is 5.41 Å². The predicted octanol–water partition coefficient (Wildman–Crippen LogP) is 3.35. The zero-order chi connectivity index (χ0) is 27.2. The van der Waals surface area contributed by atoms with Crippen molar-refractivity contribution < 1.29 is 9.84 Å². The minimum atomic E-state index is 0.249. The van der Waals surface area contributed by atoms with Crippen LogP contribution in [0.5, 0.6) is 5.75 Å². The number of fused-ring (bicyclic) bond motifs is 1. The molecule has 2 aliphatic rings. The summed E-state index contributed by atoms with van der Waals surface area (Å²) in [5.74, 6) is 1.84. The predicted molar refractivity (Wildman–Crippen MR) is 155 cm³/mol. The molecular weight excluding hydrogens is 492 g/mol. The zero-order valence-electron chi connectivity index (χ0n) is 23.5. The van der Waals surface area contributed by atoms with Gasteiger partial charge in [-0.25, -0.2) is 4.98 Å². The molecule has 0 saturated carbocycles. The third-order valence-electron chi connectivity index (χ3n) is 8.66. The molecule has 0 bridgehead atoms. The van der Waals surface area contributed by atoms with Crippen LogP contribution in [-0.2, 0) is 13.1 Å². The topological polar surface area (TPSA) is 118 Å². The number of nitrogen functional groups attached to an aromatic ring is 1. The molecule has 1 aromatic carbocycles. The molecule has 212 valence electrons. The number of aromatic nitrogens is 4. The second-order valence-corrected chi connectivity index (χ2v) is 11.2. The van der Waals surface area contributed by atoms with Gasteiger partial charge in [-0.05, 0) is 75.3 Å². The molecule has 2 aromatic heterocycles. The summed E-state index contributed by atoms with van der Waals surface area (Å²) in [6, 6.07) is 6.55. The standard InChI is InChI=1S/C29H44N8O2/c1-3-4-11-31-27-26-24(33-28(30)34-27)19-32-37(26)21-23-6-5-22(18-25(23)39-2)20-36-14-9-29(10-15-36)7-12-35(13-8-29)16-17-38/h5-6,18-19,38H,3-4,7-17,20-21H2,1-2H3,(H3,30,31,33,34). The molecule has 0 amide bonds. The smallest absolute Gasteiger partial charge is 0.222 e. The normalized spacial score (nSPS) is 18.1. The number of β-amino-alcohol motifs (C(OH)–C–C–N with tert-alkyl or cyclic N) is 1. The maximum absolute atomic E-state index is 9.24. The van der Waals surface area contributed by atoms with Gasteiger partial charge in [0.1, 0.15) is 16.8 Å². The lowest BCUT2D eigenvalue weighted by molar-refractivity contribution is 0.0276. The highest BCUT2D eigenvalue weighted by atomic mass is 16.5. The van der Waals surface area contributed by atoms with Crippen molar-refractivity contribution >= 4 is 22.8 Å². The molecule has 39 heavy (non-hydrogen) atoms.